The summed E-state index contributed by atoms with van der Waals surface area (Å²) in [6, 6.07) is 14.3. The fourth-order valence-electron chi connectivity index (χ4n) is 3.38. The molecule has 0 aliphatic carbocycles. The van der Waals surface area contributed by atoms with Gasteiger partial charge in [-0.1, -0.05) is 18.2 Å². The molecule has 1 amide bonds. The number of methoxy groups -OCH3 is 1. The number of hydrogen-bond acceptors (Lipinski definition) is 6. The van der Waals surface area contributed by atoms with Crippen molar-refractivity contribution in [1.82, 2.24) is 5.32 Å². The maximum absolute atomic E-state index is 12.5. The highest BCUT2D eigenvalue weighted by atomic mass is 35.5. The zero-order valence-corrected chi connectivity index (χ0v) is 16.6. The van der Waals surface area contributed by atoms with E-state index in [1.54, 1.807) is 36.4 Å². The number of nitrogens with zero attached hydrogens (tertiary/aromatic N) is 2. The highest BCUT2D eigenvalue weighted by molar-refractivity contribution is 5.94. The van der Waals surface area contributed by atoms with Crippen LogP contribution in [-0.2, 0) is 9.53 Å². The van der Waals surface area contributed by atoms with Crippen LogP contribution in [-0.4, -0.2) is 42.5 Å². The van der Waals surface area contributed by atoms with Gasteiger partial charge in [-0.3, -0.25) is 14.9 Å². The Labute approximate surface area is 174 Å². The zero-order chi connectivity index (χ0) is 20.1. The summed E-state index contributed by atoms with van der Waals surface area (Å²) in [6.07, 6.45) is 1.13. The Morgan fingerprint density at radius 2 is 1.76 bits per heavy atom. The number of halogens is 1. The van der Waals surface area contributed by atoms with Gasteiger partial charge in [0.2, 0.25) is 0 Å². The minimum absolute atomic E-state index is 0. The average Bonchev–Trinajstić information content (AvgIpc) is 2.73. The summed E-state index contributed by atoms with van der Waals surface area (Å²) in [6.45, 7) is 0.399. The molecule has 1 N–H and O–H groups in total. The smallest absolute Gasteiger partial charge is 0.328 e. The first-order chi connectivity index (χ1) is 13.5. The number of nitro benzene ring substituents is 1. The minimum Gasteiger partial charge on any atom is -0.467 e. The van der Waals surface area contributed by atoms with Crippen molar-refractivity contribution >= 4 is 35.7 Å². The summed E-state index contributed by atoms with van der Waals surface area (Å²) in [5.74, 6) is -0.544. The second-order valence-corrected chi connectivity index (χ2v) is 6.58. The van der Waals surface area contributed by atoms with Crippen molar-refractivity contribution in [2.45, 2.75) is 24.9 Å². The number of piperidine rings is 1. The first-order valence-corrected chi connectivity index (χ1v) is 8.94. The summed E-state index contributed by atoms with van der Waals surface area (Å²) in [7, 11) is 1.33. The summed E-state index contributed by atoms with van der Waals surface area (Å²) >= 11 is 0. The van der Waals surface area contributed by atoms with Gasteiger partial charge in [0.05, 0.1) is 12.0 Å². The normalized spacial score (nSPS) is 18.3. The number of hydrogen-bond donors (Lipinski definition) is 1. The van der Waals surface area contributed by atoms with Gasteiger partial charge in [0.15, 0.2) is 0 Å². The highest BCUT2D eigenvalue weighted by Crippen LogP contribution is 2.27. The molecule has 3 rings (SSSR count). The number of benzene rings is 2. The van der Waals surface area contributed by atoms with Gasteiger partial charge in [0.1, 0.15) is 6.04 Å². The molecule has 0 bridgehead atoms. The van der Waals surface area contributed by atoms with Crippen LogP contribution in [0.2, 0.25) is 0 Å². The van der Waals surface area contributed by atoms with Crippen molar-refractivity contribution in [1.29, 1.82) is 0 Å². The average molecular weight is 420 g/mol. The second-order valence-electron chi connectivity index (χ2n) is 6.58. The second kappa shape index (κ2) is 9.88. The molecule has 0 radical (unpaired) electrons. The lowest BCUT2D eigenvalue weighted by atomic mass is 9.96. The van der Waals surface area contributed by atoms with E-state index in [0.717, 1.165) is 0 Å². The molecule has 0 saturated carbocycles. The lowest BCUT2D eigenvalue weighted by Crippen LogP contribution is -2.54. The van der Waals surface area contributed by atoms with E-state index >= 15 is 0 Å². The van der Waals surface area contributed by atoms with E-state index < -0.39 is 11.0 Å². The Bertz CT molecular complexity index is 860. The molecule has 1 aliphatic rings. The van der Waals surface area contributed by atoms with Gasteiger partial charge in [-0.15, -0.1) is 12.4 Å². The lowest BCUT2D eigenvalue weighted by molar-refractivity contribution is -0.384. The summed E-state index contributed by atoms with van der Waals surface area (Å²) in [5, 5.41) is 13.9. The van der Waals surface area contributed by atoms with Crippen LogP contribution in [0.15, 0.2) is 54.6 Å². The van der Waals surface area contributed by atoms with Gasteiger partial charge in [0.25, 0.3) is 11.6 Å². The predicted octanol–water partition coefficient (Wildman–Crippen LogP) is 2.96. The number of carbonyl (C=O) groups is 2. The van der Waals surface area contributed by atoms with E-state index in [9.17, 15) is 19.7 Å². The van der Waals surface area contributed by atoms with E-state index in [0.29, 0.717) is 30.6 Å². The van der Waals surface area contributed by atoms with Crippen molar-refractivity contribution in [3.8, 4) is 0 Å². The zero-order valence-electron chi connectivity index (χ0n) is 15.8. The van der Waals surface area contributed by atoms with Crippen molar-refractivity contribution in [3.63, 3.8) is 0 Å². The van der Waals surface area contributed by atoms with Crippen LogP contribution in [0.3, 0.4) is 0 Å². The van der Waals surface area contributed by atoms with Gasteiger partial charge in [-0.2, -0.15) is 0 Å². The molecule has 2 aromatic rings. The number of amides is 1. The summed E-state index contributed by atoms with van der Waals surface area (Å²) in [5.41, 5.74) is 1.21. The third kappa shape index (κ3) is 5.23. The predicted molar refractivity (Wildman–Crippen MR) is 110 cm³/mol. The van der Waals surface area contributed by atoms with Crippen molar-refractivity contribution < 1.29 is 19.2 Å². The van der Waals surface area contributed by atoms with Gasteiger partial charge in [0, 0.05) is 36.0 Å². The summed E-state index contributed by atoms with van der Waals surface area (Å²) < 4.78 is 4.91. The van der Waals surface area contributed by atoms with Crippen LogP contribution >= 0.6 is 12.4 Å². The van der Waals surface area contributed by atoms with Crippen LogP contribution in [0.25, 0.3) is 0 Å². The Kier molecular flexibility index (Phi) is 7.55. The molecular formula is C20H22ClN3O5. The molecule has 1 saturated heterocycles. The first kappa shape index (κ1) is 22.2. The van der Waals surface area contributed by atoms with E-state index in [2.05, 4.69) is 5.32 Å². The number of rotatable bonds is 5. The fraction of sp³-hybridized carbons (Fsp3) is 0.300. The topological polar surface area (TPSA) is 102 Å². The maximum Gasteiger partial charge on any atom is 0.328 e. The molecule has 1 heterocycles. The number of carbonyl (C=O) groups excluding carboxylic acids is 2. The number of anilines is 1. The van der Waals surface area contributed by atoms with Crippen LogP contribution in [0.5, 0.6) is 0 Å². The maximum atomic E-state index is 12.5. The number of ether oxygens (including phenoxy) is 1. The molecule has 2 aromatic carbocycles. The molecule has 2 atom stereocenters. The fourth-order valence-corrected chi connectivity index (χ4v) is 3.38. The molecule has 1 fully saturated rings. The van der Waals surface area contributed by atoms with Crippen LogP contribution in [0, 0.1) is 10.1 Å². The molecule has 8 nitrogen and oxygen atoms in total. The van der Waals surface area contributed by atoms with Gasteiger partial charge >= 0.3 is 5.97 Å². The standard InChI is InChI=1S/C20H21N3O5.ClH/c1-28-20(25)18-12-7-15(21-19(24)14-5-3-2-4-6-14)13-22(18)16-8-10-17(11-9-16)23(26)27;/h2-6,8-11,15,18H,7,12-13H2,1H3,(H,21,24);1H/t15-,18+;/m1./s1. The molecule has 29 heavy (non-hydrogen) atoms. The highest BCUT2D eigenvalue weighted by Gasteiger charge is 2.34. The number of non-ortho nitro benzene ring substituents is 1. The monoisotopic (exact) mass is 419 g/mol. The van der Waals surface area contributed by atoms with E-state index in [1.807, 2.05) is 11.0 Å². The van der Waals surface area contributed by atoms with Crippen molar-refractivity contribution in [2.75, 3.05) is 18.6 Å². The van der Waals surface area contributed by atoms with Crippen molar-refractivity contribution in [3.05, 3.63) is 70.3 Å². The van der Waals surface area contributed by atoms with Gasteiger partial charge in [-0.25, -0.2) is 4.79 Å². The SMILES string of the molecule is COC(=O)[C@@H]1CC[C@@H](NC(=O)c2ccccc2)CN1c1ccc([N+](=O)[O-])cc1.Cl. The summed E-state index contributed by atoms with van der Waals surface area (Å²) in [4.78, 5) is 36.9. The van der Waals surface area contributed by atoms with Crippen LogP contribution < -0.4 is 10.2 Å². The van der Waals surface area contributed by atoms with Crippen LogP contribution in [0.4, 0.5) is 11.4 Å². The van der Waals surface area contributed by atoms with E-state index in [4.69, 9.17) is 4.74 Å². The molecule has 0 unspecified atom stereocenters. The van der Waals surface area contributed by atoms with E-state index in [1.165, 1.54) is 19.2 Å². The molecular weight excluding hydrogens is 398 g/mol. The molecule has 0 aromatic heterocycles. The Hall–Kier alpha value is -3.13. The molecule has 9 heteroatoms. The number of nitro groups is 1. The largest absolute Gasteiger partial charge is 0.467 e. The number of nitrogens with one attached hydrogen (secondary N) is 1. The first-order valence-electron chi connectivity index (χ1n) is 8.94. The Balaban J connectivity index is 0.00000300. The molecule has 0 spiro atoms. The van der Waals surface area contributed by atoms with Crippen LogP contribution in [0.1, 0.15) is 23.2 Å². The van der Waals surface area contributed by atoms with Gasteiger partial charge < -0.3 is 15.0 Å². The van der Waals surface area contributed by atoms with Gasteiger partial charge in [-0.05, 0) is 37.1 Å². The minimum atomic E-state index is -0.503. The van der Waals surface area contributed by atoms with E-state index in [-0.39, 0.29) is 36.0 Å². The molecule has 154 valence electrons. The van der Waals surface area contributed by atoms with Crippen molar-refractivity contribution in [2.24, 2.45) is 0 Å². The quantitative estimate of drug-likeness (QED) is 0.454. The third-order valence-electron chi connectivity index (χ3n) is 4.82. The number of esters is 1. The third-order valence-corrected chi connectivity index (χ3v) is 4.82. The lowest BCUT2D eigenvalue weighted by Gasteiger charge is -2.39. The Morgan fingerprint density at radius 3 is 2.34 bits per heavy atom. The Morgan fingerprint density at radius 1 is 1.10 bits per heavy atom. The molecule has 1 aliphatic heterocycles.